The zero-order valence-electron chi connectivity index (χ0n) is 22.7. The molecule has 7 heteroatoms. The normalized spacial score (nSPS) is 17.0. The number of nitrogens with one attached hydrogen (secondary N) is 1. The molecule has 1 fully saturated rings. The summed E-state index contributed by atoms with van der Waals surface area (Å²) in [5, 5.41) is 9.14. The average Bonchev–Trinajstić information content (AvgIpc) is 3.40. The van der Waals surface area contributed by atoms with E-state index in [1.54, 1.807) is 7.11 Å². The van der Waals surface area contributed by atoms with Gasteiger partial charge in [-0.3, -0.25) is 9.48 Å². The Labute approximate surface area is 229 Å². The van der Waals surface area contributed by atoms with Crippen molar-refractivity contribution in [2.24, 2.45) is 5.92 Å². The van der Waals surface area contributed by atoms with Crippen LogP contribution in [0.5, 0.6) is 5.75 Å². The number of amides is 1. The zero-order valence-corrected chi connectivity index (χ0v) is 22.7. The molecule has 4 aromatic rings. The van der Waals surface area contributed by atoms with Crippen LogP contribution in [0.4, 0.5) is 0 Å². The molecule has 1 aliphatic carbocycles. The fraction of sp³-hybridized carbons (Fsp3) is 0.375. The van der Waals surface area contributed by atoms with Gasteiger partial charge in [-0.05, 0) is 68.5 Å². The molecule has 0 atom stereocenters. The molecule has 0 saturated heterocycles. The van der Waals surface area contributed by atoms with E-state index in [1.807, 2.05) is 27.9 Å². The molecule has 3 aliphatic rings. The van der Waals surface area contributed by atoms with Crippen molar-refractivity contribution >= 4 is 22.4 Å². The van der Waals surface area contributed by atoms with Gasteiger partial charge >= 0.3 is 0 Å². The number of ether oxygens (including phenoxy) is 1. The van der Waals surface area contributed by atoms with Crippen LogP contribution in [0.2, 0.25) is 0 Å². The summed E-state index contributed by atoms with van der Waals surface area (Å²) in [7, 11) is 1.72. The summed E-state index contributed by atoms with van der Waals surface area (Å²) in [5.41, 5.74) is 8.88. The summed E-state index contributed by atoms with van der Waals surface area (Å²) in [6.45, 7) is 6.98. The highest BCUT2D eigenvalue weighted by Crippen LogP contribution is 2.41. The van der Waals surface area contributed by atoms with Crippen molar-refractivity contribution in [3.63, 3.8) is 0 Å². The molecule has 2 aromatic heterocycles. The minimum atomic E-state index is 0.0574. The molecule has 39 heavy (non-hydrogen) atoms. The number of nitrogens with zero attached hydrogens (tertiary/aromatic N) is 4. The summed E-state index contributed by atoms with van der Waals surface area (Å²) in [6.07, 6.45) is 7.88. The van der Waals surface area contributed by atoms with E-state index in [-0.39, 0.29) is 5.91 Å². The second-order valence-corrected chi connectivity index (χ2v) is 11.0. The molecule has 2 aromatic carbocycles. The standard InChI is InChI=1S/C32H35N5O2/c1-3-37-29-20-35(19-25(29)17-34-37)32(38)24-13-23-15-28(22-7-6-12-33-16-22)36(18-21-10-11-21)31(23)27(14-24)26-8-4-5-9-30(26)39-2/h4-5,7-9,13-15,17,21,33H,3,6,10-12,16,18-20H2,1-2H3. The van der Waals surface area contributed by atoms with E-state index >= 15 is 0 Å². The van der Waals surface area contributed by atoms with Crippen LogP contribution < -0.4 is 10.1 Å². The summed E-state index contributed by atoms with van der Waals surface area (Å²) in [6, 6.07) is 14.7. The maximum atomic E-state index is 14.0. The van der Waals surface area contributed by atoms with Crippen LogP contribution in [-0.4, -0.2) is 45.4 Å². The van der Waals surface area contributed by atoms with E-state index < -0.39 is 0 Å². The van der Waals surface area contributed by atoms with Crippen molar-refractivity contribution < 1.29 is 9.53 Å². The fourth-order valence-corrected chi connectivity index (χ4v) is 6.27. The number of hydrogen-bond donors (Lipinski definition) is 1. The lowest BCUT2D eigenvalue weighted by molar-refractivity contribution is 0.0748. The molecule has 7 rings (SSSR count). The number of benzene rings is 2. The molecule has 4 heterocycles. The highest BCUT2D eigenvalue weighted by Gasteiger charge is 2.30. The third-order valence-electron chi connectivity index (χ3n) is 8.45. The third kappa shape index (κ3) is 4.25. The Balaban J connectivity index is 1.39. The monoisotopic (exact) mass is 521 g/mol. The number of aryl methyl sites for hydroxylation is 1. The van der Waals surface area contributed by atoms with Gasteiger partial charge in [0.2, 0.25) is 0 Å². The molecule has 7 nitrogen and oxygen atoms in total. The van der Waals surface area contributed by atoms with Gasteiger partial charge in [-0.1, -0.05) is 24.3 Å². The minimum absolute atomic E-state index is 0.0574. The Morgan fingerprint density at radius 3 is 2.77 bits per heavy atom. The number of hydrogen-bond acceptors (Lipinski definition) is 4. The van der Waals surface area contributed by atoms with E-state index in [4.69, 9.17) is 4.74 Å². The van der Waals surface area contributed by atoms with Crippen LogP contribution in [0, 0.1) is 5.92 Å². The van der Waals surface area contributed by atoms with Gasteiger partial charge in [0.25, 0.3) is 5.91 Å². The van der Waals surface area contributed by atoms with Gasteiger partial charge in [0.1, 0.15) is 5.75 Å². The predicted molar refractivity (Wildman–Crippen MR) is 154 cm³/mol. The molecular weight excluding hydrogens is 486 g/mol. The number of carbonyl (C=O) groups is 1. The number of carbonyl (C=O) groups excluding carboxylic acids is 1. The Kier molecular flexibility index (Phi) is 6.04. The third-order valence-corrected chi connectivity index (χ3v) is 8.45. The highest BCUT2D eigenvalue weighted by molar-refractivity contribution is 6.05. The molecule has 0 bridgehead atoms. The first kappa shape index (κ1) is 24.2. The Bertz CT molecular complexity index is 1610. The number of fused-ring (bicyclic) bond motifs is 2. The van der Waals surface area contributed by atoms with E-state index in [1.165, 1.54) is 29.6 Å². The molecule has 1 saturated carbocycles. The van der Waals surface area contributed by atoms with E-state index in [0.717, 1.165) is 71.7 Å². The summed E-state index contributed by atoms with van der Waals surface area (Å²) in [5.74, 6) is 1.59. The number of methoxy groups -OCH3 is 1. The average molecular weight is 522 g/mol. The summed E-state index contributed by atoms with van der Waals surface area (Å²) < 4.78 is 10.3. The maximum Gasteiger partial charge on any atom is 0.254 e. The first-order valence-electron chi connectivity index (χ1n) is 14.2. The molecule has 0 radical (unpaired) electrons. The molecule has 1 N–H and O–H groups in total. The Morgan fingerprint density at radius 2 is 2.00 bits per heavy atom. The Morgan fingerprint density at radius 1 is 1.13 bits per heavy atom. The minimum Gasteiger partial charge on any atom is -0.496 e. The second-order valence-electron chi connectivity index (χ2n) is 11.0. The fourth-order valence-electron chi connectivity index (χ4n) is 6.27. The van der Waals surface area contributed by atoms with Gasteiger partial charge in [-0.2, -0.15) is 5.10 Å². The van der Waals surface area contributed by atoms with Crippen molar-refractivity contribution in [2.45, 2.75) is 52.4 Å². The smallest absolute Gasteiger partial charge is 0.254 e. The molecule has 2 aliphatic heterocycles. The van der Waals surface area contributed by atoms with Gasteiger partial charge in [0.15, 0.2) is 0 Å². The van der Waals surface area contributed by atoms with Crippen molar-refractivity contribution in [3.8, 4) is 16.9 Å². The molecule has 0 unspecified atom stereocenters. The van der Waals surface area contributed by atoms with Gasteiger partial charge in [0, 0.05) is 59.5 Å². The SMILES string of the molecule is CCn1ncc2c1CN(C(=O)c1cc(-c3ccccc3OC)c3c(c1)cc(C1=CCCNC1)n3CC1CC1)C2. The predicted octanol–water partition coefficient (Wildman–Crippen LogP) is 5.48. The lowest BCUT2D eigenvalue weighted by atomic mass is 9.98. The Hall–Kier alpha value is -3.84. The summed E-state index contributed by atoms with van der Waals surface area (Å²) in [4.78, 5) is 16.0. The number of rotatable bonds is 7. The molecular formula is C32H35N5O2. The van der Waals surface area contributed by atoms with E-state index in [0.29, 0.717) is 19.0 Å². The van der Waals surface area contributed by atoms with Crippen LogP contribution >= 0.6 is 0 Å². The second kappa shape index (κ2) is 9.72. The quantitative estimate of drug-likeness (QED) is 0.350. The van der Waals surface area contributed by atoms with Crippen molar-refractivity contribution in [1.82, 2.24) is 24.6 Å². The zero-order chi connectivity index (χ0) is 26.5. The van der Waals surface area contributed by atoms with Crippen molar-refractivity contribution in [3.05, 3.63) is 77.3 Å². The van der Waals surface area contributed by atoms with E-state index in [9.17, 15) is 4.79 Å². The lowest BCUT2D eigenvalue weighted by Crippen LogP contribution is -2.26. The molecule has 200 valence electrons. The van der Waals surface area contributed by atoms with Gasteiger partial charge in [0.05, 0.1) is 31.1 Å². The lowest BCUT2D eigenvalue weighted by Gasteiger charge is -2.20. The highest BCUT2D eigenvalue weighted by atomic mass is 16.5. The van der Waals surface area contributed by atoms with E-state index in [2.05, 4.69) is 58.3 Å². The van der Waals surface area contributed by atoms with Crippen LogP contribution in [0.15, 0.2) is 54.7 Å². The van der Waals surface area contributed by atoms with Gasteiger partial charge in [-0.25, -0.2) is 0 Å². The molecule has 1 amide bonds. The van der Waals surface area contributed by atoms with Crippen LogP contribution in [0.25, 0.3) is 27.6 Å². The first-order valence-corrected chi connectivity index (χ1v) is 14.2. The first-order chi connectivity index (χ1) is 19.1. The van der Waals surface area contributed by atoms with Crippen molar-refractivity contribution in [2.75, 3.05) is 20.2 Å². The van der Waals surface area contributed by atoms with Crippen molar-refractivity contribution in [1.29, 1.82) is 0 Å². The van der Waals surface area contributed by atoms with Gasteiger partial charge < -0.3 is 19.5 Å². The van der Waals surface area contributed by atoms with Crippen LogP contribution in [0.1, 0.15) is 53.5 Å². The molecule has 0 spiro atoms. The maximum absolute atomic E-state index is 14.0. The van der Waals surface area contributed by atoms with Crippen LogP contribution in [-0.2, 0) is 26.2 Å². The topological polar surface area (TPSA) is 64.3 Å². The van der Waals surface area contributed by atoms with Gasteiger partial charge in [-0.15, -0.1) is 0 Å². The number of para-hydroxylation sites is 1. The van der Waals surface area contributed by atoms with Crippen LogP contribution in [0.3, 0.4) is 0 Å². The summed E-state index contributed by atoms with van der Waals surface area (Å²) >= 11 is 0. The largest absolute Gasteiger partial charge is 0.496 e. The number of aromatic nitrogens is 3.